The van der Waals surface area contributed by atoms with Crippen LogP contribution < -0.4 is 5.46 Å². The van der Waals surface area contributed by atoms with Gasteiger partial charge in [0.05, 0.1) is 29.4 Å². The largest absolute Gasteiger partial charge is 0.494 e. The summed E-state index contributed by atoms with van der Waals surface area (Å²) in [6.07, 6.45) is 6.53. The predicted octanol–water partition coefficient (Wildman–Crippen LogP) is 9.34. The van der Waals surface area contributed by atoms with Crippen LogP contribution in [0.15, 0.2) is 97.1 Å². The second-order valence-electron chi connectivity index (χ2n) is 16.6. The van der Waals surface area contributed by atoms with Crippen LogP contribution >= 0.6 is 0 Å². The fourth-order valence-electron chi connectivity index (χ4n) is 9.97. The second kappa shape index (κ2) is 12.5. The zero-order valence-corrected chi connectivity index (χ0v) is 30.7. The summed E-state index contributed by atoms with van der Waals surface area (Å²) in [5.74, 6) is 4.52. The molecule has 1 aliphatic heterocycles. The molecule has 0 N–H and O–H groups in total. The second-order valence-corrected chi connectivity index (χ2v) is 16.6. The van der Waals surface area contributed by atoms with Gasteiger partial charge in [0, 0.05) is 22.1 Å². The monoisotopic (exact) mass is 695 g/mol. The molecule has 1 aromatic heterocycles. The van der Waals surface area contributed by atoms with E-state index in [2.05, 4.69) is 87.1 Å². The lowest BCUT2D eigenvalue weighted by molar-refractivity contribution is -0.0418. The molecule has 10 rings (SSSR count). The summed E-state index contributed by atoms with van der Waals surface area (Å²) in [5.41, 5.74) is 6.67. The number of hydrogen-bond donors (Lipinski definition) is 0. The van der Waals surface area contributed by atoms with Gasteiger partial charge in [-0.1, -0.05) is 72.8 Å². The van der Waals surface area contributed by atoms with E-state index in [1.165, 1.54) is 43.2 Å². The van der Waals surface area contributed by atoms with Crippen LogP contribution in [0.2, 0.25) is 0 Å². The number of hydrogen-bond acceptors (Lipinski definition) is 6. The lowest BCUT2D eigenvalue weighted by Gasteiger charge is -2.62. The Morgan fingerprint density at radius 3 is 1.47 bits per heavy atom. The summed E-state index contributed by atoms with van der Waals surface area (Å²) >= 11 is 0. The fourth-order valence-corrected chi connectivity index (χ4v) is 9.97. The van der Waals surface area contributed by atoms with E-state index in [-0.39, 0.29) is 23.7 Å². The number of nitrogens with zero attached hydrogens (tertiary/aromatic N) is 5. The molecule has 5 fully saturated rings. The zero-order valence-electron chi connectivity index (χ0n) is 30.7. The van der Waals surface area contributed by atoms with Crippen LogP contribution in [0.3, 0.4) is 0 Å². The highest BCUT2D eigenvalue weighted by Crippen LogP contribution is 2.65. The van der Waals surface area contributed by atoms with Gasteiger partial charge in [-0.2, -0.15) is 5.26 Å². The maximum Gasteiger partial charge on any atom is 0.494 e. The lowest BCUT2D eigenvalue weighted by Crippen LogP contribution is -2.56. The lowest BCUT2D eigenvalue weighted by atomic mass is 9.42. The molecular weight excluding hydrogens is 653 g/mol. The van der Waals surface area contributed by atoms with E-state index in [4.69, 9.17) is 30.8 Å². The molecule has 4 aliphatic carbocycles. The van der Waals surface area contributed by atoms with Gasteiger partial charge in [-0.05, 0) is 124 Å². The molecule has 7 nitrogen and oxygen atoms in total. The van der Waals surface area contributed by atoms with Crippen molar-refractivity contribution in [2.75, 3.05) is 0 Å². The molecule has 2 heterocycles. The number of rotatable bonds is 6. The minimum absolute atomic E-state index is 0.0665. The first-order valence-electron chi connectivity index (χ1n) is 18.9. The molecule has 5 aliphatic rings. The number of nitriles is 1. The maximum absolute atomic E-state index is 9.37. The Balaban J connectivity index is 1.11. The van der Waals surface area contributed by atoms with E-state index in [9.17, 15) is 5.26 Å². The van der Waals surface area contributed by atoms with Gasteiger partial charge in [0.15, 0.2) is 23.2 Å². The number of benzene rings is 4. The van der Waals surface area contributed by atoms with Crippen molar-refractivity contribution < 1.29 is 9.31 Å². The van der Waals surface area contributed by atoms with E-state index in [0.29, 0.717) is 40.6 Å². The average molecular weight is 696 g/mol. The first-order chi connectivity index (χ1) is 25.6. The molecule has 4 saturated carbocycles. The third kappa shape index (κ3) is 5.59. The normalized spacial score (nSPS) is 26.3. The predicted molar refractivity (Wildman–Crippen MR) is 207 cm³/mol. The Morgan fingerprint density at radius 2 is 1.04 bits per heavy atom. The summed E-state index contributed by atoms with van der Waals surface area (Å²) in [5, 5.41) is 9.37. The molecule has 0 spiro atoms. The Bertz CT molecular complexity index is 2150. The van der Waals surface area contributed by atoms with E-state index in [0.717, 1.165) is 34.0 Å². The quantitative estimate of drug-likeness (QED) is 0.130. The minimum Gasteiger partial charge on any atom is -0.399 e. The molecule has 262 valence electrons. The van der Waals surface area contributed by atoms with Gasteiger partial charge in [0.25, 0.3) is 0 Å². The third-order valence-electron chi connectivity index (χ3n) is 13.1. The van der Waals surface area contributed by atoms with Gasteiger partial charge >= 0.3 is 7.12 Å². The van der Waals surface area contributed by atoms with E-state index in [1.54, 1.807) is 24.3 Å². The topological polar surface area (TPSA) is 85.3 Å². The van der Waals surface area contributed by atoms with Gasteiger partial charge in [0.1, 0.15) is 0 Å². The molecule has 0 amide bonds. The van der Waals surface area contributed by atoms with Crippen molar-refractivity contribution in [1.82, 2.24) is 15.0 Å². The SMILES string of the molecule is [C-]#[N+]c1ccc(-c2nc(-c3ccc(C#N)cc3)nc(-c3ccc(C4(c5ccc(B6OC(C)(C)C(C)(C)O6)cc5)C5CC6CC(C5)CC4C6)cc3)n2)cc1. The molecule has 4 bridgehead atoms. The van der Waals surface area contributed by atoms with Crippen molar-refractivity contribution >= 4 is 18.3 Å². The van der Waals surface area contributed by atoms with Crippen LogP contribution in [0.5, 0.6) is 0 Å². The van der Waals surface area contributed by atoms with E-state index < -0.39 is 0 Å². The van der Waals surface area contributed by atoms with Crippen molar-refractivity contribution in [3.05, 3.63) is 125 Å². The molecule has 53 heavy (non-hydrogen) atoms. The Labute approximate surface area is 312 Å². The standard InChI is InChI=1S/C45H42BN5O2/c1-43(2)44(3,4)53-46(52-43)38-18-16-35(17-19-38)45(36-23-29-22-30(25-36)26-37(45)24-29)34-14-10-32(11-15-34)41-49-40(31-8-6-28(27-47)7-9-31)50-42(51-41)33-12-20-39(48-5)21-13-33/h6-21,29-30,36-37H,22-26H2,1-4H3. The van der Waals surface area contributed by atoms with Crippen molar-refractivity contribution in [2.24, 2.45) is 23.7 Å². The molecule has 8 heteroatoms. The Kier molecular flexibility index (Phi) is 7.93. The summed E-state index contributed by atoms with van der Waals surface area (Å²) < 4.78 is 12.9. The summed E-state index contributed by atoms with van der Waals surface area (Å²) in [6.45, 7) is 15.8. The van der Waals surface area contributed by atoms with Crippen molar-refractivity contribution in [3.63, 3.8) is 0 Å². The van der Waals surface area contributed by atoms with Crippen molar-refractivity contribution in [3.8, 4) is 40.2 Å². The Hall–Kier alpha value is -5.15. The Morgan fingerprint density at radius 1 is 0.623 bits per heavy atom. The first-order valence-corrected chi connectivity index (χ1v) is 18.9. The fraction of sp³-hybridized carbons (Fsp3) is 0.356. The van der Waals surface area contributed by atoms with Gasteiger partial charge in [0.2, 0.25) is 0 Å². The highest BCUT2D eigenvalue weighted by Gasteiger charge is 2.59. The van der Waals surface area contributed by atoms with Crippen LogP contribution in [0.25, 0.3) is 39.0 Å². The molecule has 4 aromatic carbocycles. The van der Waals surface area contributed by atoms with Crippen LogP contribution in [0.4, 0.5) is 5.69 Å². The van der Waals surface area contributed by atoms with E-state index >= 15 is 0 Å². The molecule has 0 atom stereocenters. The third-order valence-corrected chi connectivity index (χ3v) is 13.1. The van der Waals surface area contributed by atoms with Crippen molar-refractivity contribution in [2.45, 2.75) is 76.4 Å². The van der Waals surface area contributed by atoms with Gasteiger partial charge in [-0.15, -0.1) is 0 Å². The summed E-state index contributed by atoms with van der Waals surface area (Å²) in [7, 11) is -0.382. The minimum atomic E-state index is -0.383. The molecule has 0 unspecified atom stereocenters. The molecule has 5 aromatic rings. The molecular formula is C45H42BN5O2. The summed E-state index contributed by atoms with van der Waals surface area (Å²) in [4.78, 5) is 18.3. The average Bonchev–Trinajstić information content (AvgIpc) is 3.40. The van der Waals surface area contributed by atoms with Crippen LogP contribution in [-0.4, -0.2) is 33.3 Å². The maximum atomic E-state index is 9.37. The van der Waals surface area contributed by atoms with Crippen LogP contribution in [0, 0.1) is 41.6 Å². The van der Waals surface area contributed by atoms with Crippen LogP contribution in [-0.2, 0) is 14.7 Å². The van der Waals surface area contributed by atoms with E-state index in [1.807, 2.05) is 24.3 Å². The first kappa shape index (κ1) is 33.7. The molecule has 1 saturated heterocycles. The zero-order chi connectivity index (χ0) is 36.5. The molecule has 0 radical (unpaired) electrons. The smallest absolute Gasteiger partial charge is 0.399 e. The van der Waals surface area contributed by atoms with Gasteiger partial charge < -0.3 is 9.31 Å². The van der Waals surface area contributed by atoms with Crippen LogP contribution in [0.1, 0.15) is 76.5 Å². The van der Waals surface area contributed by atoms with Gasteiger partial charge in [-0.25, -0.2) is 19.8 Å². The summed E-state index contributed by atoms with van der Waals surface area (Å²) in [6, 6.07) is 35.1. The number of aromatic nitrogens is 3. The van der Waals surface area contributed by atoms with Gasteiger partial charge in [-0.3, -0.25) is 0 Å². The highest BCUT2D eigenvalue weighted by atomic mass is 16.7. The highest BCUT2D eigenvalue weighted by molar-refractivity contribution is 6.62. The van der Waals surface area contributed by atoms with Crippen molar-refractivity contribution in [1.29, 1.82) is 5.26 Å².